The van der Waals surface area contributed by atoms with Crippen molar-refractivity contribution in [3.8, 4) is 0 Å². The zero-order chi connectivity index (χ0) is 22.8. The van der Waals surface area contributed by atoms with E-state index in [2.05, 4.69) is 10.6 Å². The molecule has 0 saturated heterocycles. The molecule has 0 atom stereocenters. The number of nitrogens with zero attached hydrogens (tertiary/aromatic N) is 1. The van der Waals surface area contributed by atoms with Gasteiger partial charge in [-0.3, -0.25) is 24.5 Å². The topological polar surface area (TPSA) is 118 Å². The molecule has 0 aliphatic heterocycles. The van der Waals surface area contributed by atoms with E-state index in [-0.39, 0.29) is 33.5 Å². The number of carbonyl (C=O) groups is 3. The molecule has 0 heterocycles. The third-order valence-electron chi connectivity index (χ3n) is 4.76. The van der Waals surface area contributed by atoms with E-state index < -0.39 is 10.8 Å². The average Bonchev–Trinajstić information content (AvgIpc) is 2.77. The quantitative estimate of drug-likeness (QED) is 0.425. The highest BCUT2D eigenvalue weighted by atomic mass is 35.5. The second-order valence-corrected chi connectivity index (χ2v) is 7.29. The molecule has 0 saturated carbocycles. The highest BCUT2D eigenvalue weighted by Crippen LogP contribution is 2.26. The van der Waals surface area contributed by atoms with E-state index >= 15 is 0 Å². The Morgan fingerprint density at radius 1 is 0.906 bits per heavy atom. The fraction of sp³-hybridized carbons (Fsp3) is 0. The molecule has 0 spiro atoms. The van der Waals surface area contributed by atoms with Crippen molar-refractivity contribution in [1.82, 2.24) is 0 Å². The lowest BCUT2D eigenvalue weighted by Gasteiger charge is -2.17. The van der Waals surface area contributed by atoms with Gasteiger partial charge in [-0.1, -0.05) is 41.9 Å². The van der Waals surface area contributed by atoms with Crippen LogP contribution >= 0.6 is 11.6 Å². The summed E-state index contributed by atoms with van der Waals surface area (Å²) in [5.74, 6) is -1.15. The second kappa shape index (κ2) is 8.44. The van der Waals surface area contributed by atoms with Crippen molar-refractivity contribution in [3.05, 3.63) is 110 Å². The van der Waals surface area contributed by atoms with E-state index in [1.165, 1.54) is 18.2 Å². The highest BCUT2D eigenvalue weighted by molar-refractivity contribution is 6.34. The Balaban J connectivity index is 1.52. The Labute approximate surface area is 186 Å². The number of carbonyl (C=O) groups excluding carboxylic acids is 3. The minimum absolute atomic E-state index is 0.0545. The zero-order valence-electron chi connectivity index (χ0n) is 16.3. The van der Waals surface area contributed by atoms with Crippen molar-refractivity contribution in [2.45, 2.75) is 0 Å². The molecule has 1 aliphatic rings. The normalized spacial score (nSPS) is 12.6. The van der Waals surface area contributed by atoms with Gasteiger partial charge in [0, 0.05) is 40.7 Å². The Hall–Kier alpha value is -4.30. The Morgan fingerprint density at radius 2 is 1.62 bits per heavy atom. The molecule has 3 aromatic carbocycles. The lowest BCUT2D eigenvalue weighted by molar-refractivity contribution is -0.384. The molecule has 4 rings (SSSR count). The SMILES string of the molecule is O=C(Nc1cccc(NC2=CC(=O)c3ccccc3C2=O)c1)c1ccc([N+](=O)[O-])cc1Cl. The Morgan fingerprint density at radius 3 is 2.34 bits per heavy atom. The van der Waals surface area contributed by atoms with E-state index in [9.17, 15) is 24.5 Å². The van der Waals surface area contributed by atoms with Crippen molar-refractivity contribution in [1.29, 1.82) is 0 Å². The number of hydrogen-bond acceptors (Lipinski definition) is 6. The molecule has 2 N–H and O–H groups in total. The summed E-state index contributed by atoms with van der Waals surface area (Å²) in [7, 11) is 0. The number of rotatable bonds is 5. The number of halogens is 1. The summed E-state index contributed by atoms with van der Waals surface area (Å²) in [6.45, 7) is 0. The number of amides is 1. The van der Waals surface area contributed by atoms with E-state index in [1.807, 2.05) is 0 Å². The minimum atomic E-state index is -0.604. The molecule has 1 amide bonds. The summed E-state index contributed by atoms with van der Waals surface area (Å²) in [6.07, 6.45) is 1.24. The van der Waals surface area contributed by atoms with Crippen LogP contribution in [0.4, 0.5) is 17.1 Å². The Bertz CT molecular complexity index is 1330. The third-order valence-corrected chi connectivity index (χ3v) is 5.08. The van der Waals surface area contributed by atoms with Gasteiger partial charge in [-0.2, -0.15) is 0 Å². The number of benzene rings is 3. The van der Waals surface area contributed by atoms with Gasteiger partial charge in [-0.25, -0.2) is 0 Å². The zero-order valence-corrected chi connectivity index (χ0v) is 17.1. The van der Waals surface area contributed by atoms with Crippen LogP contribution in [-0.4, -0.2) is 22.4 Å². The highest BCUT2D eigenvalue weighted by Gasteiger charge is 2.25. The summed E-state index contributed by atoms with van der Waals surface area (Å²) in [5, 5.41) is 16.4. The van der Waals surface area contributed by atoms with Gasteiger partial charge in [0.1, 0.15) is 0 Å². The minimum Gasteiger partial charge on any atom is -0.352 e. The van der Waals surface area contributed by atoms with Crippen molar-refractivity contribution >= 4 is 46.1 Å². The van der Waals surface area contributed by atoms with Crippen LogP contribution in [0.2, 0.25) is 5.02 Å². The predicted molar refractivity (Wildman–Crippen MR) is 119 cm³/mol. The van der Waals surface area contributed by atoms with E-state index in [4.69, 9.17) is 11.6 Å². The van der Waals surface area contributed by atoms with E-state index in [0.717, 1.165) is 6.07 Å². The number of fused-ring (bicyclic) bond motifs is 1. The lowest BCUT2D eigenvalue weighted by atomic mass is 9.92. The summed E-state index contributed by atoms with van der Waals surface area (Å²) in [5.41, 5.74) is 1.51. The van der Waals surface area contributed by atoms with E-state index in [1.54, 1.807) is 48.5 Å². The molecule has 32 heavy (non-hydrogen) atoms. The van der Waals surface area contributed by atoms with Crippen LogP contribution in [0.3, 0.4) is 0 Å². The average molecular weight is 448 g/mol. The van der Waals surface area contributed by atoms with Gasteiger partial charge in [0.15, 0.2) is 5.78 Å². The summed E-state index contributed by atoms with van der Waals surface area (Å²) >= 11 is 6.01. The van der Waals surface area contributed by atoms with Crippen LogP contribution in [-0.2, 0) is 0 Å². The van der Waals surface area contributed by atoms with Gasteiger partial charge in [-0.15, -0.1) is 0 Å². The van der Waals surface area contributed by atoms with E-state index in [0.29, 0.717) is 22.5 Å². The van der Waals surface area contributed by atoms with Crippen molar-refractivity contribution in [3.63, 3.8) is 0 Å². The smallest absolute Gasteiger partial charge is 0.270 e. The predicted octanol–water partition coefficient (Wildman–Crippen LogP) is 4.88. The molecule has 158 valence electrons. The van der Waals surface area contributed by atoms with Gasteiger partial charge < -0.3 is 10.6 Å². The van der Waals surface area contributed by atoms with Crippen molar-refractivity contribution in [2.75, 3.05) is 10.6 Å². The van der Waals surface area contributed by atoms with Gasteiger partial charge >= 0.3 is 0 Å². The maximum Gasteiger partial charge on any atom is 0.270 e. The molecule has 0 fully saturated rings. The van der Waals surface area contributed by atoms with Crippen LogP contribution in [0.25, 0.3) is 0 Å². The van der Waals surface area contributed by atoms with Gasteiger partial charge in [-0.05, 0) is 24.3 Å². The fourth-order valence-corrected chi connectivity index (χ4v) is 3.50. The van der Waals surface area contributed by atoms with Crippen molar-refractivity contribution in [2.24, 2.45) is 0 Å². The number of nitro benzene ring substituents is 1. The molecule has 1 aliphatic carbocycles. The number of non-ortho nitro benzene ring substituents is 1. The fourth-order valence-electron chi connectivity index (χ4n) is 3.24. The number of nitro groups is 1. The monoisotopic (exact) mass is 447 g/mol. The molecular formula is C23H14ClN3O5. The Kier molecular flexibility index (Phi) is 5.53. The molecule has 9 heteroatoms. The number of Topliss-reactive ketones (excluding diaryl/α,β-unsaturated/α-hetero) is 1. The largest absolute Gasteiger partial charge is 0.352 e. The summed E-state index contributed by atoms with van der Waals surface area (Å²) in [6, 6.07) is 16.7. The molecule has 0 bridgehead atoms. The first kappa shape index (κ1) is 21.0. The number of ketones is 2. The van der Waals surface area contributed by atoms with Crippen LogP contribution in [0.5, 0.6) is 0 Å². The first-order chi connectivity index (χ1) is 15.3. The van der Waals surface area contributed by atoms with Gasteiger partial charge in [0.05, 0.1) is 21.2 Å². The number of anilines is 2. The first-order valence-corrected chi connectivity index (χ1v) is 9.73. The lowest BCUT2D eigenvalue weighted by Crippen LogP contribution is -2.21. The first-order valence-electron chi connectivity index (χ1n) is 9.35. The van der Waals surface area contributed by atoms with Crippen molar-refractivity contribution < 1.29 is 19.3 Å². The van der Waals surface area contributed by atoms with Crippen LogP contribution in [0.1, 0.15) is 31.1 Å². The molecule has 0 radical (unpaired) electrons. The number of hydrogen-bond donors (Lipinski definition) is 2. The summed E-state index contributed by atoms with van der Waals surface area (Å²) in [4.78, 5) is 47.8. The third kappa shape index (κ3) is 4.12. The molecule has 8 nitrogen and oxygen atoms in total. The molecule has 0 unspecified atom stereocenters. The van der Waals surface area contributed by atoms with Crippen LogP contribution < -0.4 is 10.6 Å². The standard InChI is InChI=1S/C23H14ClN3O5/c24-19-11-15(27(31)32)8-9-18(19)23(30)26-14-5-3-4-13(10-14)25-20-12-21(28)16-6-1-2-7-17(16)22(20)29/h1-12,25H,(H,26,30). The second-order valence-electron chi connectivity index (χ2n) is 6.88. The van der Waals surface area contributed by atoms with Crippen LogP contribution in [0, 0.1) is 10.1 Å². The maximum atomic E-state index is 12.7. The molecule has 3 aromatic rings. The van der Waals surface area contributed by atoms with Crippen LogP contribution in [0.15, 0.2) is 78.5 Å². The van der Waals surface area contributed by atoms with Gasteiger partial charge in [0.25, 0.3) is 11.6 Å². The molecular weight excluding hydrogens is 434 g/mol. The number of nitrogens with one attached hydrogen (secondary N) is 2. The number of allylic oxidation sites excluding steroid dienone is 2. The summed E-state index contributed by atoms with van der Waals surface area (Å²) < 4.78 is 0. The van der Waals surface area contributed by atoms with Gasteiger partial charge in [0.2, 0.25) is 5.78 Å². The maximum absolute atomic E-state index is 12.7. The molecule has 0 aromatic heterocycles.